The zero-order valence-corrected chi connectivity index (χ0v) is 14.0. The van der Waals surface area contributed by atoms with Crippen LogP contribution < -0.4 is 10.1 Å². The number of rotatable bonds is 6. The van der Waals surface area contributed by atoms with Crippen LogP contribution in [0.2, 0.25) is 5.02 Å². The first-order valence-corrected chi connectivity index (χ1v) is 8.26. The minimum atomic E-state index is -0.577. The Hall–Kier alpha value is -1.75. The van der Waals surface area contributed by atoms with Gasteiger partial charge in [0.25, 0.3) is 5.91 Å². The van der Waals surface area contributed by atoms with Crippen molar-refractivity contribution in [2.45, 2.75) is 38.6 Å². The van der Waals surface area contributed by atoms with Crippen molar-refractivity contribution >= 4 is 23.5 Å². The Bertz CT molecular complexity index is 532. The summed E-state index contributed by atoms with van der Waals surface area (Å²) in [4.78, 5) is 23.4. The van der Waals surface area contributed by atoms with Crippen LogP contribution in [-0.2, 0) is 14.3 Å². The van der Waals surface area contributed by atoms with Gasteiger partial charge in [-0.2, -0.15) is 0 Å². The molecule has 0 aliphatic heterocycles. The van der Waals surface area contributed by atoms with Gasteiger partial charge in [0.15, 0.2) is 13.2 Å². The van der Waals surface area contributed by atoms with Crippen LogP contribution in [0.4, 0.5) is 0 Å². The highest BCUT2D eigenvalue weighted by Crippen LogP contribution is 2.23. The molecule has 1 amide bonds. The summed E-state index contributed by atoms with van der Waals surface area (Å²) in [5.41, 5.74) is 0. The normalized spacial score (nSPS) is 20.6. The third kappa shape index (κ3) is 6.10. The van der Waals surface area contributed by atoms with E-state index in [-0.39, 0.29) is 25.2 Å². The average molecular weight is 340 g/mol. The van der Waals surface area contributed by atoms with E-state index in [0.29, 0.717) is 16.7 Å². The molecule has 126 valence electrons. The number of carbonyl (C=O) groups is 2. The number of esters is 1. The van der Waals surface area contributed by atoms with E-state index in [1.54, 1.807) is 24.3 Å². The molecular weight excluding hydrogens is 318 g/mol. The SMILES string of the molecule is C[C@H]1CCCC[C@@H]1NC(=O)COC(=O)COc1ccc(Cl)cc1. The van der Waals surface area contributed by atoms with Crippen LogP contribution in [0, 0.1) is 5.92 Å². The first kappa shape index (κ1) is 17.6. The smallest absolute Gasteiger partial charge is 0.344 e. The molecule has 1 N–H and O–H groups in total. The molecule has 1 aliphatic rings. The lowest BCUT2D eigenvalue weighted by Gasteiger charge is -2.29. The Morgan fingerprint density at radius 2 is 1.87 bits per heavy atom. The molecule has 0 bridgehead atoms. The van der Waals surface area contributed by atoms with E-state index < -0.39 is 5.97 Å². The standard InChI is InChI=1S/C17H22ClNO4/c1-12-4-2-3-5-15(12)19-16(20)10-23-17(21)11-22-14-8-6-13(18)7-9-14/h6-9,12,15H,2-5,10-11H2,1H3,(H,19,20)/t12-,15-/m0/s1. The molecule has 0 radical (unpaired) electrons. The molecule has 2 atom stereocenters. The van der Waals surface area contributed by atoms with Crippen molar-refractivity contribution in [3.05, 3.63) is 29.3 Å². The van der Waals surface area contributed by atoms with Crippen LogP contribution >= 0.6 is 11.6 Å². The molecule has 1 fully saturated rings. The van der Waals surface area contributed by atoms with Crippen LogP contribution in [-0.4, -0.2) is 31.1 Å². The Kier molecular flexibility index (Phi) is 6.71. The fourth-order valence-electron chi connectivity index (χ4n) is 2.64. The Morgan fingerprint density at radius 1 is 1.17 bits per heavy atom. The molecule has 5 nitrogen and oxygen atoms in total. The van der Waals surface area contributed by atoms with Gasteiger partial charge < -0.3 is 14.8 Å². The molecular formula is C17H22ClNO4. The number of carbonyl (C=O) groups excluding carboxylic acids is 2. The van der Waals surface area contributed by atoms with E-state index in [1.807, 2.05) is 0 Å². The minimum Gasteiger partial charge on any atom is -0.482 e. The van der Waals surface area contributed by atoms with Gasteiger partial charge in [0, 0.05) is 11.1 Å². The molecule has 0 aromatic heterocycles. The lowest BCUT2D eigenvalue weighted by Crippen LogP contribution is -2.43. The van der Waals surface area contributed by atoms with Crippen molar-refractivity contribution in [1.82, 2.24) is 5.32 Å². The van der Waals surface area contributed by atoms with Gasteiger partial charge in [-0.1, -0.05) is 31.4 Å². The minimum absolute atomic E-state index is 0.181. The molecule has 6 heteroatoms. The molecule has 0 heterocycles. The van der Waals surface area contributed by atoms with E-state index in [1.165, 1.54) is 6.42 Å². The van der Waals surface area contributed by atoms with E-state index in [0.717, 1.165) is 19.3 Å². The summed E-state index contributed by atoms with van der Waals surface area (Å²) in [6.45, 7) is 1.62. The summed E-state index contributed by atoms with van der Waals surface area (Å²) in [7, 11) is 0. The van der Waals surface area contributed by atoms with Crippen LogP contribution in [0.3, 0.4) is 0 Å². The van der Waals surface area contributed by atoms with Crippen molar-refractivity contribution < 1.29 is 19.1 Å². The van der Waals surface area contributed by atoms with E-state index in [2.05, 4.69) is 12.2 Å². The number of nitrogens with one attached hydrogen (secondary N) is 1. The van der Waals surface area contributed by atoms with Crippen LogP contribution in [0.15, 0.2) is 24.3 Å². The number of benzene rings is 1. The van der Waals surface area contributed by atoms with Crippen LogP contribution in [0.5, 0.6) is 5.75 Å². The van der Waals surface area contributed by atoms with E-state index in [4.69, 9.17) is 21.1 Å². The second-order valence-electron chi connectivity index (χ2n) is 5.84. The quantitative estimate of drug-likeness (QED) is 0.809. The molecule has 1 saturated carbocycles. The van der Waals surface area contributed by atoms with Gasteiger partial charge in [0.1, 0.15) is 5.75 Å². The largest absolute Gasteiger partial charge is 0.482 e. The highest BCUT2D eigenvalue weighted by molar-refractivity contribution is 6.30. The highest BCUT2D eigenvalue weighted by Gasteiger charge is 2.23. The van der Waals surface area contributed by atoms with Gasteiger partial charge in [-0.05, 0) is 43.0 Å². The maximum absolute atomic E-state index is 11.8. The summed E-state index contributed by atoms with van der Waals surface area (Å²) in [6.07, 6.45) is 4.45. The maximum atomic E-state index is 11.8. The summed E-state index contributed by atoms with van der Waals surface area (Å²) in [5, 5.41) is 3.52. The summed E-state index contributed by atoms with van der Waals surface area (Å²) < 4.78 is 10.2. The van der Waals surface area contributed by atoms with Gasteiger partial charge in [0.2, 0.25) is 0 Å². The predicted molar refractivity (Wildman–Crippen MR) is 87.5 cm³/mol. The number of halogens is 1. The summed E-state index contributed by atoms with van der Waals surface area (Å²) in [5.74, 6) is 0.152. The van der Waals surface area contributed by atoms with Crippen molar-refractivity contribution in [3.8, 4) is 5.75 Å². The second-order valence-corrected chi connectivity index (χ2v) is 6.28. The molecule has 0 unspecified atom stereocenters. The monoisotopic (exact) mass is 339 g/mol. The number of amides is 1. The molecule has 0 spiro atoms. The molecule has 23 heavy (non-hydrogen) atoms. The van der Waals surface area contributed by atoms with Gasteiger partial charge in [-0.25, -0.2) is 4.79 Å². The molecule has 1 aromatic carbocycles. The Balaban J connectivity index is 1.65. The molecule has 1 aliphatic carbocycles. The van der Waals surface area contributed by atoms with Crippen molar-refractivity contribution in [2.24, 2.45) is 5.92 Å². The predicted octanol–water partition coefficient (Wildman–Crippen LogP) is 2.96. The third-order valence-electron chi connectivity index (χ3n) is 3.99. The van der Waals surface area contributed by atoms with Gasteiger partial charge >= 0.3 is 5.97 Å². The van der Waals surface area contributed by atoms with Crippen LogP contribution in [0.25, 0.3) is 0 Å². The second kappa shape index (κ2) is 8.77. The number of hydrogen-bond donors (Lipinski definition) is 1. The average Bonchev–Trinajstić information content (AvgIpc) is 2.54. The van der Waals surface area contributed by atoms with Gasteiger partial charge in [-0.3, -0.25) is 4.79 Å². The van der Waals surface area contributed by atoms with E-state index >= 15 is 0 Å². The maximum Gasteiger partial charge on any atom is 0.344 e. The zero-order chi connectivity index (χ0) is 16.7. The van der Waals surface area contributed by atoms with Crippen LogP contribution in [0.1, 0.15) is 32.6 Å². The number of ether oxygens (including phenoxy) is 2. The van der Waals surface area contributed by atoms with Crippen molar-refractivity contribution in [1.29, 1.82) is 0 Å². The Morgan fingerprint density at radius 3 is 2.57 bits per heavy atom. The van der Waals surface area contributed by atoms with Gasteiger partial charge in [-0.15, -0.1) is 0 Å². The fraction of sp³-hybridized carbons (Fsp3) is 0.529. The molecule has 1 aromatic rings. The van der Waals surface area contributed by atoms with Gasteiger partial charge in [0.05, 0.1) is 0 Å². The lowest BCUT2D eigenvalue weighted by molar-refractivity contribution is -0.150. The first-order valence-electron chi connectivity index (χ1n) is 7.88. The Labute approximate surface area is 141 Å². The number of hydrogen-bond acceptors (Lipinski definition) is 4. The highest BCUT2D eigenvalue weighted by atomic mass is 35.5. The van der Waals surface area contributed by atoms with E-state index in [9.17, 15) is 9.59 Å². The molecule has 2 rings (SSSR count). The zero-order valence-electron chi connectivity index (χ0n) is 13.2. The molecule has 0 saturated heterocycles. The third-order valence-corrected chi connectivity index (χ3v) is 4.24. The first-order chi connectivity index (χ1) is 11.0. The lowest BCUT2D eigenvalue weighted by atomic mass is 9.86. The summed E-state index contributed by atoms with van der Waals surface area (Å²) in [6, 6.07) is 6.84. The summed E-state index contributed by atoms with van der Waals surface area (Å²) >= 11 is 5.76. The fourth-order valence-corrected chi connectivity index (χ4v) is 2.77. The van der Waals surface area contributed by atoms with Crippen molar-refractivity contribution in [3.63, 3.8) is 0 Å². The topological polar surface area (TPSA) is 64.6 Å². The van der Waals surface area contributed by atoms with Crippen molar-refractivity contribution in [2.75, 3.05) is 13.2 Å².